The molecule has 3 rings (SSSR count). The zero-order valence-corrected chi connectivity index (χ0v) is 18.1. The van der Waals surface area contributed by atoms with E-state index in [-0.39, 0.29) is 6.10 Å². The fourth-order valence-electron chi connectivity index (χ4n) is 3.59. The first-order valence-corrected chi connectivity index (χ1v) is 10.5. The molecule has 1 aliphatic carbocycles. The van der Waals surface area contributed by atoms with E-state index in [9.17, 15) is 0 Å². The molecule has 1 fully saturated rings. The van der Waals surface area contributed by atoms with Gasteiger partial charge < -0.3 is 24.8 Å². The van der Waals surface area contributed by atoms with Crippen molar-refractivity contribution in [2.75, 3.05) is 27.8 Å². The Balaban J connectivity index is 1.50. The topological polar surface area (TPSA) is 77.0 Å². The Bertz CT molecular complexity index is 835. The van der Waals surface area contributed by atoms with Crippen molar-refractivity contribution in [3.63, 3.8) is 0 Å². The van der Waals surface area contributed by atoms with Crippen LogP contribution in [0.5, 0.6) is 17.4 Å². The van der Waals surface area contributed by atoms with Gasteiger partial charge in [-0.1, -0.05) is 12.1 Å². The van der Waals surface area contributed by atoms with Crippen LogP contribution in [0.15, 0.2) is 41.5 Å². The molecule has 0 bridgehead atoms. The summed E-state index contributed by atoms with van der Waals surface area (Å²) in [7, 11) is 5.06. The summed E-state index contributed by atoms with van der Waals surface area (Å²) in [6, 6.07) is 9.95. The number of nitrogens with zero attached hydrogens (tertiary/aromatic N) is 2. The summed E-state index contributed by atoms with van der Waals surface area (Å²) in [6.07, 6.45) is 7.61. The van der Waals surface area contributed by atoms with Crippen molar-refractivity contribution in [3.8, 4) is 17.4 Å². The number of aliphatic imine (C=N–C) groups is 1. The number of nitrogens with one attached hydrogen (secondary N) is 2. The molecule has 2 aromatic rings. The second-order valence-corrected chi connectivity index (χ2v) is 7.28. The normalized spacial score (nSPS) is 14.4. The second-order valence-electron chi connectivity index (χ2n) is 7.28. The zero-order chi connectivity index (χ0) is 21.2. The van der Waals surface area contributed by atoms with E-state index in [1.54, 1.807) is 27.5 Å². The molecule has 7 heteroatoms. The average molecular weight is 413 g/mol. The fourth-order valence-corrected chi connectivity index (χ4v) is 3.59. The van der Waals surface area contributed by atoms with Gasteiger partial charge in [-0.2, -0.15) is 0 Å². The van der Waals surface area contributed by atoms with Crippen molar-refractivity contribution in [1.82, 2.24) is 15.6 Å². The van der Waals surface area contributed by atoms with Gasteiger partial charge in [0.2, 0.25) is 5.88 Å². The summed E-state index contributed by atoms with van der Waals surface area (Å²) >= 11 is 0. The monoisotopic (exact) mass is 412 g/mol. The van der Waals surface area contributed by atoms with E-state index in [0.29, 0.717) is 6.54 Å². The molecule has 0 atom stereocenters. The number of rotatable bonds is 9. The van der Waals surface area contributed by atoms with Crippen LogP contribution < -0.4 is 24.8 Å². The van der Waals surface area contributed by atoms with Crippen LogP contribution in [0.2, 0.25) is 0 Å². The number of guanidine groups is 1. The van der Waals surface area contributed by atoms with E-state index in [2.05, 4.69) is 20.6 Å². The third-order valence-electron chi connectivity index (χ3n) is 5.25. The number of ether oxygens (including phenoxy) is 3. The minimum Gasteiger partial charge on any atom is -0.493 e. The highest BCUT2D eigenvalue weighted by atomic mass is 16.5. The highest BCUT2D eigenvalue weighted by Crippen LogP contribution is 2.27. The molecule has 1 saturated carbocycles. The summed E-state index contributed by atoms with van der Waals surface area (Å²) in [6.45, 7) is 1.35. The van der Waals surface area contributed by atoms with E-state index in [4.69, 9.17) is 14.2 Å². The number of aromatic nitrogens is 1. The van der Waals surface area contributed by atoms with Gasteiger partial charge in [-0.3, -0.25) is 4.99 Å². The standard InChI is InChI=1S/C23H32N4O3/c1-24-23(26-14-12-17-10-11-20(28-2)21(15-17)29-3)27-16-18-7-6-13-25-22(18)30-19-8-4-5-9-19/h6-7,10-11,13,15,19H,4-5,8-9,12,14,16H2,1-3H3,(H2,24,26,27). The Hall–Kier alpha value is -2.96. The van der Waals surface area contributed by atoms with Gasteiger partial charge in [0.25, 0.3) is 0 Å². The molecular weight excluding hydrogens is 380 g/mol. The molecule has 7 nitrogen and oxygen atoms in total. The van der Waals surface area contributed by atoms with E-state index < -0.39 is 0 Å². The molecule has 0 unspecified atom stereocenters. The van der Waals surface area contributed by atoms with Crippen molar-refractivity contribution in [2.24, 2.45) is 4.99 Å². The molecule has 0 aliphatic heterocycles. The van der Waals surface area contributed by atoms with E-state index in [1.165, 1.54) is 12.8 Å². The SMILES string of the molecule is CN=C(NCCc1ccc(OC)c(OC)c1)NCc1cccnc1OC1CCCC1. The van der Waals surface area contributed by atoms with Crippen molar-refractivity contribution in [3.05, 3.63) is 47.7 Å². The molecule has 30 heavy (non-hydrogen) atoms. The predicted octanol–water partition coefficient (Wildman–Crippen LogP) is 3.33. The Morgan fingerprint density at radius 2 is 1.90 bits per heavy atom. The number of pyridine rings is 1. The van der Waals surface area contributed by atoms with Crippen LogP contribution in [0.25, 0.3) is 0 Å². The van der Waals surface area contributed by atoms with Crippen LogP contribution in [0.3, 0.4) is 0 Å². The lowest BCUT2D eigenvalue weighted by Gasteiger charge is -2.17. The van der Waals surface area contributed by atoms with Crippen LogP contribution in [0, 0.1) is 0 Å². The first kappa shape index (κ1) is 21.7. The summed E-state index contributed by atoms with van der Waals surface area (Å²) in [5, 5.41) is 6.70. The van der Waals surface area contributed by atoms with Gasteiger partial charge in [-0.15, -0.1) is 0 Å². The summed E-state index contributed by atoms with van der Waals surface area (Å²) < 4.78 is 16.8. The van der Waals surface area contributed by atoms with Gasteiger partial charge in [-0.25, -0.2) is 4.98 Å². The Morgan fingerprint density at radius 1 is 1.10 bits per heavy atom. The summed E-state index contributed by atoms with van der Waals surface area (Å²) in [5.41, 5.74) is 2.20. The van der Waals surface area contributed by atoms with Crippen LogP contribution >= 0.6 is 0 Å². The number of methoxy groups -OCH3 is 2. The number of hydrogen-bond donors (Lipinski definition) is 2. The molecule has 162 valence electrons. The van der Waals surface area contributed by atoms with Gasteiger partial charge in [0.1, 0.15) is 6.10 Å². The van der Waals surface area contributed by atoms with Gasteiger partial charge in [0, 0.05) is 31.9 Å². The molecule has 0 saturated heterocycles. The van der Waals surface area contributed by atoms with Gasteiger partial charge in [-0.05, 0) is 55.9 Å². The Labute approximate surface area is 178 Å². The van der Waals surface area contributed by atoms with Crippen LogP contribution in [0.4, 0.5) is 0 Å². The largest absolute Gasteiger partial charge is 0.493 e. The Kier molecular flexibility index (Phi) is 8.18. The molecule has 1 heterocycles. The highest BCUT2D eigenvalue weighted by molar-refractivity contribution is 5.79. The fraction of sp³-hybridized carbons (Fsp3) is 0.478. The minimum atomic E-state index is 0.289. The lowest BCUT2D eigenvalue weighted by Crippen LogP contribution is -2.38. The maximum Gasteiger partial charge on any atom is 0.218 e. The summed E-state index contributed by atoms with van der Waals surface area (Å²) in [5.74, 6) is 2.94. The van der Waals surface area contributed by atoms with Crippen molar-refractivity contribution in [1.29, 1.82) is 0 Å². The summed E-state index contributed by atoms with van der Waals surface area (Å²) in [4.78, 5) is 8.75. The first-order valence-electron chi connectivity index (χ1n) is 10.5. The van der Waals surface area contributed by atoms with E-state index in [1.807, 2.05) is 30.3 Å². The van der Waals surface area contributed by atoms with Crippen molar-refractivity contribution >= 4 is 5.96 Å². The van der Waals surface area contributed by atoms with Gasteiger partial charge in [0.05, 0.1) is 14.2 Å². The molecule has 1 aliphatic rings. The second kappa shape index (κ2) is 11.3. The predicted molar refractivity (Wildman–Crippen MR) is 119 cm³/mol. The van der Waals surface area contributed by atoms with Crippen LogP contribution in [0.1, 0.15) is 36.8 Å². The first-order chi connectivity index (χ1) is 14.7. The van der Waals surface area contributed by atoms with Gasteiger partial charge >= 0.3 is 0 Å². The quantitative estimate of drug-likeness (QED) is 0.486. The lowest BCUT2D eigenvalue weighted by molar-refractivity contribution is 0.199. The molecular formula is C23H32N4O3. The van der Waals surface area contributed by atoms with Gasteiger partial charge in [0.15, 0.2) is 17.5 Å². The number of benzene rings is 1. The minimum absolute atomic E-state index is 0.289. The third-order valence-corrected chi connectivity index (χ3v) is 5.25. The average Bonchev–Trinajstić information content (AvgIpc) is 3.30. The maximum atomic E-state index is 6.12. The van der Waals surface area contributed by atoms with Crippen molar-refractivity contribution < 1.29 is 14.2 Å². The molecule has 1 aromatic carbocycles. The smallest absolute Gasteiger partial charge is 0.218 e. The van der Waals surface area contributed by atoms with Crippen LogP contribution in [-0.2, 0) is 13.0 Å². The zero-order valence-electron chi connectivity index (χ0n) is 18.1. The molecule has 0 amide bonds. The third kappa shape index (κ3) is 6.02. The molecule has 0 radical (unpaired) electrons. The number of hydrogen-bond acceptors (Lipinski definition) is 5. The lowest BCUT2D eigenvalue weighted by atomic mass is 10.1. The molecule has 1 aromatic heterocycles. The van der Waals surface area contributed by atoms with Crippen LogP contribution in [-0.4, -0.2) is 44.9 Å². The highest BCUT2D eigenvalue weighted by Gasteiger charge is 2.18. The molecule has 2 N–H and O–H groups in total. The Morgan fingerprint density at radius 3 is 2.63 bits per heavy atom. The molecule has 0 spiro atoms. The van der Waals surface area contributed by atoms with E-state index >= 15 is 0 Å². The van der Waals surface area contributed by atoms with Crippen molar-refractivity contribution in [2.45, 2.75) is 44.8 Å². The van der Waals surface area contributed by atoms with E-state index in [0.717, 1.165) is 60.3 Å². The maximum absolute atomic E-state index is 6.12.